The summed E-state index contributed by atoms with van der Waals surface area (Å²) in [6.45, 7) is 5.92. The number of Topliss-reactive ketones (excluding diaryl/α,β-unsaturated/α-hetero) is 1. The van der Waals surface area contributed by atoms with Crippen LogP contribution in [-0.4, -0.2) is 59.9 Å². The van der Waals surface area contributed by atoms with Crippen molar-refractivity contribution in [3.05, 3.63) is 83.7 Å². The van der Waals surface area contributed by atoms with Crippen molar-refractivity contribution in [1.82, 2.24) is 4.90 Å². The summed E-state index contributed by atoms with van der Waals surface area (Å²) in [5.41, 5.74) is 0.464. The third kappa shape index (κ3) is 10.1. The third-order valence-electron chi connectivity index (χ3n) is 9.16. The fourth-order valence-corrected chi connectivity index (χ4v) is 6.21. The lowest BCUT2D eigenvalue weighted by molar-refractivity contribution is -0.155. The molecule has 8 nitrogen and oxygen atoms in total. The predicted octanol–water partition coefficient (Wildman–Crippen LogP) is 7.86. The van der Waals surface area contributed by atoms with Crippen molar-refractivity contribution in [3.8, 4) is 23.0 Å². The van der Waals surface area contributed by atoms with Gasteiger partial charge in [0.2, 0.25) is 5.91 Å². The van der Waals surface area contributed by atoms with Crippen LogP contribution >= 0.6 is 0 Å². The summed E-state index contributed by atoms with van der Waals surface area (Å²) in [4.78, 5) is 27.9. The minimum atomic E-state index is -0.728. The van der Waals surface area contributed by atoms with Crippen molar-refractivity contribution in [1.29, 1.82) is 0 Å². The van der Waals surface area contributed by atoms with Crippen LogP contribution in [0.2, 0.25) is 0 Å². The highest BCUT2D eigenvalue weighted by molar-refractivity contribution is 5.97. The van der Waals surface area contributed by atoms with Crippen molar-refractivity contribution >= 4 is 11.7 Å². The van der Waals surface area contributed by atoms with Gasteiger partial charge in [0.05, 0.1) is 12.0 Å². The van der Waals surface area contributed by atoms with Crippen molar-refractivity contribution in [2.24, 2.45) is 5.92 Å². The Morgan fingerprint density at radius 1 is 0.915 bits per heavy atom. The largest absolute Gasteiger partial charge is 0.457 e. The van der Waals surface area contributed by atoms with Gasteiger partial charge in [-0.1, -0.05) is 26.7 Å². The Kier molecular flexibility index (Phi) is 12.0. The van der Waals surface area contributed by atoms with E-state index in [1.54, 1.807) is 42.5 Å². The lowest BCUT2D eigenvalue weighted by Crippen LogP contribution is -2.47. The Morgan fingerprint density at radius 2 is 1.53 bits per heavy atom. The number of aliphatic hydroxyl groups is 1. The number of halogens is 1. The van der Waals surface area contributed by atoms with Gasteiger partial charge in [-0.2, -0.15) is 0 Å². The molecule has 1 unspecified atom stereocenters. The van der Waals surface area contributed by atoms with Gasteiger partial charge in [-0.05, 0) is 111 Å². The molecule has 0 bridgehead atoms. The second-order valence-electron chi connectivity index (χ2n) is 12.7. The maximum Gasteiger partial charge on any atom is 0.226 e. The average molecular weight is 648 g/mol. The molecule has 2 fully saturated rings. The number of hydrogen-bond donors (Lipinski definition) is 1. The van der Waals surface area contributed by atoms with Gasteiger partial charge in [0.15, 0.2) is 12.1 Å². The first-order valence-electron chi connectivity index (χ1n) is 16.8. The van der Waals surface area contributed by atoms with E-state index in [0.717, 1.165) is 38.5 Å². The number of likely N-dealkylation sites (tertiary alicyclic amines) is 1. The Labute approximate surface area is 276 Å². The summed E-state index contributed by atoms with van der Waals surface area (Å²) in [7, 11) is 0. The van der Waals surface area contributed by atoms with Gasteiger partial charge < -0.3 is 29.0 Å². The highest BCUT2D eigenvalue weighted by Crippen LogP contribution is 2.34. The topological polar surface area (TPSA) is 94.5 Å². The molecular formula is C38H46FNO7. The minimum Gasteiger partial charge on any atom is -0.457 e. The molecule has 1 amide bonds. The zero-order valence-corrected chi connectivity index (χ0v) is 27.4. The van der Waals surface area contributed by atoms with Gasteiger partial charge in [-0.3, -0.25) is 9.59 Å². The van der Waals surface area contributed by atoms with Crippen molar-refractivity contribution in [2.75, 3.05) is 26.3 Å². The number of piperidine rings is 1. The maximum absolute atomic E-state index is 13.5. The predicted molar refractivity (Wildman–Crippen MR) is 176 cm³/mol. The molecule has 3 aromatic carbocycles. The normalized spacial score (nSPS) is 17.8. The lowest BCUT2D eigenvalue weighted by atomic mass is 9.81. The molecule has 0 radical (unpaired) electrons. The van der Waals surface area contributed by atoms with Crippen LogP contribution in [0.25, 0.3) is 0 Å². The quantitative estimate of drug-likeness (QED) is 0.178. The molecule has 2 aliphatic heterocycles. The van der Waals surface area contributed by atoms with Crippen LogP contribution in [-0.2, 0) is 20.7 Å². The van der Waals surface area contributed by atoms with Crippen molar-refractivity contribution in [2.45, 2.75) is 83.5 Å². The zero-order valence-electron chi connectivity index (χ0n) is 27.4. The van der Waals surface area contributed by atoms with Crippen molar-refractivity contribution < 1.29 is 38.0 Å². The fourth-order valence-electron chi connectivity index (χ4n) is 6.21. The van der Waals surface area contributed by atoms with Crippen LogP contribution in [0.5, 0.6) is 23.0 Å². The summed E-state index contributed by atoms with van der Waals surface area (Å²) >= 11 is 0. The second kappa shape index (κ2) is 16.4. The van der Waals surface area contributed by atoms with E-state index >= 15 is 0 Å². The fraction of sp³-hybridized carbons (Fsp3) is 0.474. The lowest BCUT2D eigenvalue weighted by Gasteiger charge is -2.40. The van der Waals surface area contributed by atoms with Crippen LogP contribution in [0.3, 0.4) is 0 Å². The number of benzene rings is 3. The number of ether oxygens (including phenoxy) is 4. The number of rotatable bonds is 14. The maximum atomic E-state index is 13.5. The Bertz CT molecular complexity index is 1460. The SMILES string of the molecule is CCC(CC)CC1(O)CCN(C(=O)Cc2cc(Oc3ccc(F)cc3)cc(Oc3ccc(C(=O)COC4CCCCO4)cc3)c2)CC1. The van der Waals surface area contributed by atoms with E-state index in [1.807, 2.05) is 4.90 Å². The first-order chi connectivity index (χ1) is 22.7. The van der Waals surface area contributed by atoms with E-state index in [-0.39, 0.29) is 36.8 Å². The molecule has 47 heavy (non-hydrogen) atoms. The van der Waals surface area contributed by atoms with Gasteiger partial charge in [-0.25, -0.2) is 4.39 Å². The molecule has 0 spiro atoms. The zero-order chi connectivity index (χ0) is 33.2. The highest BCUT2D eigenvalue weighted by atomic mass is 19.1. The van der Waals surface area contributed by atoms with Gasteiger partial charge in [0, 0.05) is 31.3 Å². The van der Waals surface area contributed by atoms with Crippen LogP contribution in [0, 0.1) is 11.7 Å². The molecular weight excluding hydrogens is 601 g/mol. The Balaban J connectivity index is 1.25. The minimum absolute atomic E-state index is 0.0387. The third-order valence-corrected chi connectivity index (χ3v) is 9.16. The Morgan fingerprint density at radius 3 is 2.11 bits per heavy atom. The van der Waals surface area contributed by atoms with Gasteiger partial charge in [0.25, 0.3) is 0 Å². The molecule has 0 aliphatic carbocycles. The van der Waals surface area contributed by atoms with Gasteiger partial charge in [-0.15, -0.1) is 0 Å². The summed E-state index contributed by atoms with van der Waals surface area (Å²) in [5, 5.41) is 11.2. The standard InChI is InChI=1S/C38H46FNO7/c1-3-27(4-2)25-38(43)16-18-40(19-17-38)36(42)23-28-21-33(24-34(22-28)47-32-14-10-30(39)11-15-32)46-31-12-8-29(9-13-31)35(41)26-45-37-7-5-6-20-44-37/h8-15,21-22,24,27,37,43H,3-7,16-20,23,25-26H2,1-2H3. The summed E-state index contributed by atoms with van der Waals surface area (Å²) < 4.78 is 36.9. The average Bonchev–Trinajstić information content (AvgIpc) is 3.08. The van der Waals surface area contributed by atoms with Gasteiger partial charge >= 0.3 is 0 Å². The summed E-state index contributed by atoms with van der Waals surface area (Å²) in [6.07, 6.45) is 6.59. The first-order valence-corrected chi connectivity index (χ1v) is 16.8. The molecule has 1 N–H and O–H groups in total. The molecule has 5 rings (SSSR count). The number of carbonyl (C=O) groups is 2. The molecule has 2 saturated heterocycles. The number of amides is 1. The van der Waals surface area contributed by atoms with Gasteiger partial charge in [0.1, 0.15) is 35.4 Å². The Hall–Kier alpha value is -3.79. The van der Waals surface area contributed by atoms with E-state index in [9.17, 15) is 19.1 Å². The van der Waals surface area contributed by atoms with Crippen molar-refractivity contribution in [3.63, 3.8) is 0 Å². The van der Waals surface area contributed by atoms with Crippen LogP contribution < -0.4 is 9.47 Å². The number of nitrogens with zero attached hydrogens (tertiary/aromatic N) is 1. The van der Waals surface area contributed by atoms with Crippen LogP contribution in [0.1, 0.15) is 81.1 Å². The molecule has 1 atom stereocenters. The number of hydrogen-bond acceptors (Lipinski definition) is 7. The van der Waals surface area contributed by atoms with E-state index in [4.69, 9.17) is 18.9 Å². The molecule has 2 heterocycles. The molecule has 0 saturated carbocycles. The van der Waals surface area contributed by atoms with Crippen LogP contribution in [0.15, 0.2) is 66.7 Å². The number of ketones is 1. The second-order valence-corrected chi connectivity index (χ2v) is 12.7. The van der Waals surface area contributed by atoms with E-state index in [1.165, 1.54) is 24.3 Å². The van der Waals surface area contributed by atoms with Crippen LogP contribution in [0.4, 0.5) is 4.39 Å². The molecule has 0 aromatic heterocycles. The van der Waals surface area contributed by atoms with E-state index in [2.05, 4.69) is 13.8 Å². The van der Waals surface area contributed by atoms with E-state index < -0.39 is 5.60 Å². The highest BCUT2D eigenvalue weighted by Gasteiger charge is 2.35. The molecule has 3 aromatic rings. The molecule has 9 heteroatoms. The monoisotopic (exact) mass is 647 g/mol. The molecule has 2 aliphatic rings. The van der Waals surface area contributed by atoms with E-state index in [0.29, 0.717) is 72.6 Å². The first kappa shape index (κ1) is 34.5. The smallest absolute Gasteiger partial charge is 0.226 e. The molecule has 252 valence electrons. The number of carbonyl (C=O) groups excluding carboxylic acids is 2. The summed E-state index contributed by atoms with van der Waals surface area (Å²) in [6, 6.07) is 17.8. The summed E-state index contributed by atoms with van der Waals surface area (Å²) in [5.74, 6) is 1.75.